The molecule has 0 aliphatic rings. The van der Waals surface area contributed by atoms with E-state index in [0.717, 1.165) is 6.42 Å². The van der Waals surface area contributed by atoms with E-state index in [0.29, 0.717) is 41.7 Å². The number of nitrogens with one attached hydrogen (secondary N) is 1. The third kappa shape index (κ3) is 6.07. The SMILES string of the molecule is CCOCCCn1c(SCC(=O)N[C@H](C)C(C)C)nc2ccccc2c1=O. The molecule has 0 aliphatic heterocycles. The third-order valence-corrected chi connectivity index (χ3v) is 5.40. The average Bonchev–Trinajstić information content (AvgIpc) is 2.65. The summed E-state index contributed by atoms with van der Waals surface area (Å²) in [4.78, 5) is 29.7. The van der Waals surface area contributed by atoms with Crippen LogP contribution < -0.4 is 10.9 Å². The van der Waals surface area contributed by atoms with Crippen molar-refractivity contribution < 1.29 is 9.53 Å². The van der Waals surface area contributed by atoms with Crippen LogP contribution in [0.4, 0.5) is 0 Å². The molecule has 1 amide bonds. The number of aromatic nitrogens is 2. The lowest BCUT2D eigenvalue weighted by molar-refractivity contribution is -0.119. The maximum atomic E-state index is 12.9. The van der Waals surface area contributed by atoms with Crippen LogP contribution in [-0.4, -0.2) is 40.5 Å². The molecule has 1 N–H and O–H groups in total. The van der Waals surface area contributed by atoms with Crippen LogP contribution in [0.25, 0.3) is 10.9 Å². The fourth-order valence-corrected chi connectivity index (χ4v) is 3.35. The normalized spacial score (nSPS) is 12.5. The molecule has 7 heteroatoms. The molecule has 0 spiro atoms. The zero-order valence-electron chi connectivity index (χ0n) is 16.5. The monoisotopic (exact) mass is 391 g/mol. The number of carbonyl (C=O) groups excluding carboxylic acids is 1. The van der Waals surface area contributed by atoms with Gasteiger partial charge >= 0.3 is 0 Å². The number of thioether (sulfide) groups is 1. The Morgan fingerprint density at radius 3 is 2.74 bits per heavy atom. The predicted molar refractivity (Wildman–Crippen MR) is 110 cm³/mol. The van der Waals surface area contributed by atoms with Crippen molar-refractivity contribution in [3.63, 3.8) is 0 Å². The lowest BCUT2D eigenvalue weighted by Gasteiger charge is -2.17. The van der Waals surface area contributed by atoms with E-state index in [1.807, 2.05) is 32.0 Å². The van der Waals surface area contributed by atoms with E-state index < -0.39 is 0 Å². The Labute approximate surface area is 164 Å². The van der Waals surface area contributed by atoms with Crippen molar-refractivity contribution in [2.45, 2.75) is 51.9 Å². The van der Waals surface area contributed by atoms with Gasteiger partial charge in [0, 0.05) is 25.8 Å². The average molecular weight is 392 g/mol. The molecule has 2 aromatic rings. The molecule has 0 saturated carbocycles. The first-order chi connectivity index (χ1) is 12.9. The van der Waals surface area contributed by atoms with Gasteiger partial charge in [-0.15, -0.1) is 0 Å². The van der Waals surface area contributed by atoms with E-state index in [4.69, 9.17) is 4.74 Å². The molecule has 0 unspecified atom stereocenters. The fourth-order valence-electron chi connectivity index (χ4n) is 2.52. The molecule has 6 nitrogen and oxygen atoms in total. The molecule has 0 radical (unpaired) electrons. The summed E-state index contributed by atoms with van der Waals surface area (Å²) in [5.74, 6) is 0.548. The lowest BCUT2D eigenvalue weighted by atomic mass is 10.1. The summed E-state index contributed by atoms with van der Waals surface area (Å²) < 4.78 is 7.04. The minimum atomic E-state index is -0.0736. The van der Waals surface area contributed by atoms with E-state index in [2.05, 4.69) is 24.1 Å². The van der Waals surface area contributed by atoms with Crippen LogP contribution >= 0.6 is 11.8 Å². The number of para-hydroxylation sites is 1. The summed E-state index contributed by atoms with van der Waals surface area (Å²) in [5, 5.41) is 4.15. The molecular weight excluding hydrogens is 362 g/mol. The summed E-state index contributed by atoms with van der Waals surface area (Å²) in [6.45, 7) is 9.83. The number of ether oxygens (including phenoxy) is 1. The van der Waals surface area contributed by atoms with Crippen LogP contribution in [0, 0.1) is 5.92 Å². The summed E-state index contributed by atoms with van der Waals surface area (Å²) in [6.07, 6.45) is 0.720. The molecule has 0 aliphatic carbocycles. The highest BCUT2D eigenvalue weighted by molar-refractivity contribution is 7.99. The lowest BCUT2D eigenvalue weighted by Crippen LogP contribution is -2.37. The van der Waals surface area contributed by atoms with Gasteiger partial charge in [-0.05, 0) is 38.3 Å². The molecule has 27 heavy (non-hydrogen) atoms. The smallest absolute Gasteiger partial charge is 0.262 e. The van der Waals surface area contributed by atoms with Crippen molar-refractivity contribution in [3.8, 4) is 0 Å². The van der Waals surface area contributed by atoms with Crippen molar-refractivity contribution in [1.29, 1.82) is 0 Å². The Bertz CT molecular complexity index is 820. The van der Waals surface area contributed by atoms with Crippen LogP contribution in [0.3, 0.4) is 0 Å². The second-order valence-electron chi connectivity index (χ2n) is 6.81. The molecule has 1 heterocycles. The number of nitrogens with zero attached hydrogens (tertiary/aromatic N) is 2. The second-order valence-corrected chi connectivity index (χ2v) is 7.75. The zero-order chi connectivity index (χ0) is 19.8. The van der Waals surface area contributed by atoms with Gasteiger partial charge in [-0.3, -0.25) is 14.2 Å². The van der Waals surface area contributed by atoms with Gasteiger partial charge in [0.1, 0.15) is 0 Å². The van der Waals surface area contributed by atoms with Crippen molar-refractivity contribution in [1.82, 2.24) is 14.9 Å². The van der Waals surface area contributed by atoms with Crippen LogP contribution in [0.15, 0.2) is 34.2 Å². The number of fused-ring (bicyclic) bond motifs is 1. The maximum absolute atomic E-state index is 12.9. The highest BCUT2D eigenvalue weighted by atomic mass is 32.2. The summed E-state index contributed by atoms with van der Waals surface area (Å²) in [7, 11) is 0. The molecule has 148 valence electrons. The van der Waals surface area contributed by atoms with Crippen molar-refractivity contribution >= 4 is 28.6 Å². The second kappa shape index (κ2) is 10.5. The Kier molecular flexibility index (Phi) is 8.31. The zero-order valence-corrected chi connectivity index (χ0v) is 17.3. The van der Waals surface area contributed by atoms with Crippen LogP contribution in [0.5, 0.6) is 0 Å². The van der Waals surface area contributed by atoms with E-state index in [1.54, 1.807) is 10.6 Å². The quantitative estimate of drug-likeness (QED) is 0.383. The standard InChI is InChI=1S/C20H29N3O3S/c1-5-26-12-8-11-23-19(25)16-9-6-7-10-17(16)22-20(23)27-13-18(24)21-15(4)14(2)3/h6-7,9-10,14-15H,5,8,11-13H2,1-4H3,(H,21,24)/t15-/m1/s1. The van der Waals surface area contributed by atoms with E-state index in [9.17, 15) is 9.59 Å². The Morgan fingerprint density at radius 1 is 1.30 bits per heavy atom. The molecule has 1 aromatic carbocycles. The van der Waals surface area contributed by atoms with Gasteiger partial charge in [0.05, 0.1) is 16.7 Å². The molecule has 0 bridgehead atoms. The Balaban J connectivity index is 2.19. The van der Waals surface area contributed by atoms with Gasteiger partial charge in [-0.25, -0.2) is 4.98 Å². The number of hydrogen-bond donors (Lipinski definition) is 1. The summed E-state index contributed by atoms with van der Waals surface area (Å²) >= 11 is 1.30. The molecule has 0 saturated heterocycles. The van der Waals surface area contributed by atoms with Crippen molar-refractivity contribution in [3.05, 3.63) is 34.6 Å². The van der Waals surface area contributed by atoms with Gasteiger partial charge in [0.15, 0.2) is 5.16 Å². The molecule has 1 aromatic heterocycles. The van der Waals surface area contributed by atoms with Gasteiger partial charge in [-0.2, -0.15) is 0 Å². The predicted octanol–water partition coefficient (Wildman–Crippen LogP) is 3.08. The first-order valence-corrected chi connectivity index (χ1v) is 10.4. The maximum Gasteiger partial charge on any atom is 0.262 e. The molecule has 1 atom stereocenters. The van der Waals surface area contributed by atoms with Gasteiger partial charge in [-0.1, -0.05) is 37.7 Å². The van der Waals surface area contributed by atoms with Crippen molar-refractivity contribution in [2.75, 3.05) is 19.0 Å². The van der Waals surface area contributed by atoms with Crippen molar-refractivity contribution in [2.24, 2.45) is 5.92 Å². The largest absolute Gasteiger partial charge is 0.382 e. The summed E-state index contributed by atoms with van der Waals surface area (Å²) in [5.41, 5.74) is 0.581. The molecule has 2 rings (SSSR count). The van der Waals surface area contributed by atoms with Gasteiger partial charge in [0.2, 0.25) is 5.91 Å². The first-order valence-electron chi connectivity index (χ1n) is 9.43. The summed E-state index contributed by atoms with van der Waals surface area (Å²) in [6, 6.07) is 7.42. The number of amides is 1. The number of benzene rings is 1. The highest BCUT2D eigenvalue weighted by Crippen LogP contribution is 2.18. The van der Waals surface area contributed by atoms with Gasteiger partial charge in [0.25, 0.3) is 5.56 Å². The van der Waals surface area contributed by atoms with Gasteiger partial charge < -0.3 is 10.1 Å². The number of rotatable bonds is 10. The Morgan fingerprint density at radius 2 is 2.04 bits per heavy atom. The van der Waals surface area contributed by atoms with E-state index in [1.165, 1.54) is 11.8 Å². The van der Waals surface area contributed by atoms with E-state index >= 15 is 0 Å². The molecule has 0 fully saturated rings. The highest BCUT2D eigenvalue weighted by Gasteiger charge is 2.15. The third-order valence-electron chi connectivity index (χ3n) is 4.42. The number of carbonyl (C=O) groups is 1. The fraction of sp³-hybridized carbons (Fsp3) is 0.550. The minimum absolute atomic E-state index is 0.0514. The first kappa shape index (κ1) is 21.4. The Hall–Kier alpha value is -1.86. The van der Waals surface area contributed by atoms with E-state index in [-0.39, 0.29) is 23.3 Å². The minimum Gasteiger partial charge on any atom is -0.382 e. The van der Waals surface area contributed by atoms with Crippen LogP contribution in [0.2, 0.25) is 0 Å². The molecular formula is C20H29N3O3S. The van der Waals surface area contributed by atoms with Crippen LogP contribution in [-0.2, 0) is 16.1 Å². The topological polar surface area (TPSA) is 73.2 Å². The number of hydrogen-bond acceptors (Lipinski definition) is 5. The van der Waals surface area contributed by atoms with Crippen LogP contribution in [0.1, 0.15) is 34.1 Å².